The number of nitrogens with one attached hydrogen (secondary N) is 1. The lowest BCUT2D eigenvalue weighted by Crippen LogP contribution is -2.31. The molecule has 1 saturated heterocycles. The van der Waals surface area contributed by atoms with Gasteiger partial charge in [-0.25, -0.2) is 14.6 Å². The highest BCUT2D eigenvalue weighted by Gasteiger charge is 2.21. The van der Waals surface area contributed by atoms with Crippen LogP contribution < -0.4 is 15.0 Å². The van der Waals surface area contributed by atoms with Crippen LogP contribution in [0.5, 0.6) is 5.75 Å². The molecule has 0 unspecified atom stereocenters. The van der Waals surface area contributed by atoms with E-state index in [1.165, 1.54) is 12.8 Å². The zero-order valence-corrected chi connectivity index (χ0v) is 19.7. The predicted octanol–water partition coefficient (Wildman–Crippen LogP) is 3.43. The molecular formula is C23H30N6O2S. The number of aromatic nitrogens is 4. The van der Waals surface area contributed by atoms with Crippen molar-refractivity contribution in [3.05, 3.63) is 36.0 Å². The molecule has 8 nitrogen and oxygen atoms in total. The zero-order valence-electron chi connectivity index (χ0n) is 18.9. The van der Waals surface area contributed by atoms with Gasteiger partial charge in [0.15, 0.2) is 17.4 Å². The molecule has 0 bridgehead atoms. The first kappa shape index (κ1) is 22.4. The number of nitrogens with zero attached hydrogens (tertiary/aromatic N) is 5. The molecule has 1 amide bonds. The minimum atomic E-state index is -0.159. The number of hydrogen-bond acceptors (Lipinski definition) is 7. The van der Waals surface area contributed by atoms with Crippen LogP contribution in [-0.2, 0) is 11.3 Å². The van der Waals surface area contributed by atoms with E-state index in [1.54, 1.807) is 11.8 Å². The van der Waals surface area contributed by atoms with E-state index < -0.39 is 0 Å². The maximum atomic E-state index is 12.2. The van der Waals surface area contributed by atoms with Crippen molar-refractivity contribution in [2.45, 2.75) is 50.6 Å². The summed E-state index contributed by atoms with van der Waals surface area (Å²) < 4.78 is 7.47. The molecule has 2 aromatic heterocycles. The molecule has 1 aromatic carbocycles. The number of thioether (sulfide) groups is 1. The third kappa shape index (κ3) is 5.32. The van der Waals surface area contributed by atoms with E-state index in [0.717, 1.165) is 46.4 Å². The third-order valence-electron chi connectivity index (χ3n) is 5.30. The molecule has 170 valence electrons. The fourth-order valence-electron chi connectivity index (χ4n) is 3.73. The van der Waals surface area contributed by atoms with Crippen LogP contribution in [0.2, 0.25) is 0 Å². The van der Waals surface area contributed by atoms with Crippen molar-refractivity contribution < 1.29 is 9.53 Å². The molecule has 9 heteroatoms. The van der Waals surface area contributed by atoms with Crippen molar-refractivity contribution in [2.24, 2.45) is 0 Å². The number of rotatable bonds is 9. The van der Waals surface area contributed by atoms with Gasteiger partial charge in [0, 0.05) is 24.9 Å². The van der Waals surface area contributed by atoms with Gasteiger partial charge < -0.3 is 15.0 Å². The molecule has 0 spiro atoms. The minimum Gasteiger partial charge on any atom is -0.484 e. The maximum Gasteiger partial charge on any atom is 0.258 e. The Morgan fingerprint density at radius 3 is 2.75 bits per heavy atom. The van der Waals surface area contributed by atoms with Gasteiger partial charge in [0.2, 0.25) is 0 Å². The minimum absolute atomic E-state index is 0.0127. The number of fused-ring (bicyclic) bond motifs is 1. The van der Waals surface area contributed by atoms with Crippen molar-refractivity contribution in [3.63, 3.8) is 0 Å². The SMILES string of the molecule is Cc1ccccc1OCC(=O)NCCn1ncc2c(N3CCCC3)nc(SC(C)C)nc21. The number of anilines is 1. The predicted molar refractivity (Wildman–Crippen MR) is 127 cm³/mol. The largest absolute Gasteiger partial charge is 0.484 e. The van der Waals surface area contributed by atoms with Gasteiger partial charge in [0.25, 0.3) is 5.91 Å². The zero-order chi connectivity index (χ0) is 22.5. The summed E-state index contributed by atoms with van der Waals surface area (Å²) in [4.78, 5) is 24.2. The van der Waals surface area contributed by atoms with E-state index in [9.17, 15) is 4.79 Å². The smallest absolute Gasteiger partial charge is 0.258 e. The van der Waals surface area contributed by atoms with Crippen LogP contribution in [0.1, 0.15) is 32.3 Å². The van der Waals surface area contributed by atoms with E-state index in [4.69, 9.17) is 14.7 Å². The molecule has 0 aliphatic carbocycles. The number of benzene rings is 1. The lowest BCUT2D eigenvalue weighted by atomic mass is 10.2. The lowest BCUT2D eigenvalue weighted by molar-refractivity contribution is -0.123. The average Bonchev–Trinajstić information content (AvgIpc) is 3.43. The van der Waals surface area contributed by atoms with E-state index in [1.807, 2.05) is 42.1 Å². The Morgan fingerprint density at radius 2 is 2.00 bits per heavy atom. The summed E-state index contributed by atoms with van der Waals surface area (Å²) in [6, 6.07) is 7.66. The Bertz CT molecular complexity index is 1080. The number of hydrogen-bond donors (Lipinski definition) is 1. The summed E-state index contributed by atoms with van der Waals surface area (Å²) >= 11 is 1.66. The fraction of sp³-hybridized carbons (Fsp3) is 0.478. The Morgan fingerprint density at radius 1 is 1.22 bits per heavy atom. The number of carbonyl (C=O) groups is 1. The van der Waals surface area contributed by atoms with Crippen LogP contribution >= 0.6 is 11.8 Å². The Labute approximate surface area is 192 Å². The normalized spacial score (nSPS) is 13.8. The standard InChI is InChI=1S/C23H30N6O2S/c1-16(2)32-23-26-21(28-11-6-7-12-28)18-14-25-29(22(18)27-23)13-10-24-20(30)15-31-19-9-5-4-8-17(19)3/h4-5,8-9,14,16H,6-7,10-13,15H2,1-3H3,(H,24,30). The monoisotopic (exact) mass is 454 g/mol. The number of carbonyl (C=O) groups excluding carboxylic acids is 1. The molecule has 1 aliphatic rings. The molecule has 0 radical (unpaired) electrons. The molecule has 3 heterocycles. The summed E-state index contributed by atoms with van der Waals surface area (Å²) in [6.07, 6.45) is 4.21. The Hall–Kier alpha value is -2.81. The van der Waals surface area contributed by atoms with Crippen LogP contribution in [0.3, 0.4) is 0 Å². The fourth-order valence-corrected chi connectivity index (χ4v) is 4.43. The second-order valence-electron chi connectivity index (χ2n) is 8.20. The van der Waals surface area contributed by atoms with Crippen molar-refractivity contribution in [1.82, 2.24) is 25.1 Å². The van der Waals surface area contributed by atoms with Crippen molar-refractivity contribution in [3.8, 4) is 5.75 Å². The van der Waals surface area contributed by atoms with Gasteiger partial charge in [-0.05, 0) is 31.4 Å². The van der Waals surface area contributed by atoms with E-state index in [0.29, 0.717) is 18.3 Å². The summed E-state index contributed by atoms with van der Waals surface area (Å²) in [7, 11) is 0. The van der Waals surface area contributed by atoms with Gasteiger partial charge in [0.05, 0.1) is 18.1 Å². The first-order valence-electron chi connectivity index (χ1n) is 11.1. The van der Waals surface area contributed by atoms with Gasteiger partial charge in [-0.1, -0.05) is 43.8 Å². The van der Waals surface area contributed by atoms with Crippen LogP contribution in [0, 0.1) is 6.92 Å². The van der Waals surface area contributed by atoms with Gasteiger partial charge in [0.1, 0.15) is 11.6 Å². The molecule has 4 rings (SSSR count). The highest BCUT2D eigenvalue weighted by Crippen LogP contribution is 2.30. The number of para-hydroxylation sites is 1. The van der Waals surface area contributed by atoms with Crippen LogP contribution in [-0.4, -0.2) is 57.1 Å². The van der Waals surface area contributed by atoms with Gasteiger partial charge in [-0.3, -0.25) is 4.79 Å². The molecule has 3 aromatic rings. The average molecular weight is 455 g/mol. The van der Waals surface area contributed by atoms with Gasteiger partial charge >= 0.3 is 0 Å². The van der Waals surface area contributed by atoms with Crippen molar-refractivity contribution >= 4 is 34.5 Å². The second-order valence-corrected chi connectivity index (χ2v) is 9.74. The Balaban J connectivity index is 1.42. The summed E-state index contributed by atoms with van der Waals surface area (Å²) in [5, 5.41) is 9.58. The molecule has 32 heavy (non-hydrogen) atoms. The number of ether oxygens (including phenoxy) is 1. The van der Waals surface area contributed by atoms with Crippen LogP contribution in [0.4, 0.5) is 5.82 Å². The lowest BCUT2D eigenvalue weighted by Gasteiger charge is -2.18. The molecule has 0 saturated carbocycles. The molecule has 0 atom stereocenters. The van der Waals surface area contributed by atoms with E-state index >= 15 is 0 Å². The van der Waals surface area contributed by atoms with Gasteiger partial charge in [-0.15, -0.1) is 0 Å². The van der Waals surface area contributed by atoms with Crippen LogP contribution in [0.15, 0.2) is 35.6 Å². The Kier molecular flexibility index (Phi) is 7.14. The van der Waals surface area contributed by atoms with E-state index in [2.05, 4.69) is 29.2 Å². The summed E-state index contributed by atoms with van der Waals surface area (Å²) in [5.41, 5.74) is 1.82. The topological polar surface area (TPSA) is 85.2 Å². The first-order valence-corrected chi connectivity index (χ1v) is 12.0. The first-order chi connectivity index (χ1) is 15.5. The maximum absolute atomic E-state index is 12.2. The van der Waals surface area contributed by atoms with Crippen LogP contribution in [0.25, 0.3) is 11.0 Å². The molecule has 1 fully saturated rings. The molecule has 1 N–H and O–H groups in total. The number of aryl methyl sites for hydroxylation is 1. The van der Waals surface area contributed by atoms with Crippen molar-refractivity contribution in [1.29, 1.82) is 0 Å². The summed E-state index contributed by atoms with van der Waals surface area (Å²) in [5.74, 6) is 1.53. The summed E-state index contributed by atoms with van der Waals surface area (Å²) in [6.45, 7) is 9.23. The van der Waals surface area contributed by atoms with E-state index in [-0.39, 0.29) is 12.5 Å². The third-order valence-corrected chi connectivity index (χ3v) is 6.17. The quantitative estimate of drug-likeness (QED) is 0.392. The molecule has 1 aliphatic heterocycles. The molecular weight excluding hydrogens is 424 g/mol. The van der Waals surface area contributed by atoms with Crippen molar-refractivity contribution in [2.75, 3.05) is 31.1 Å². The van der Waals surface area contributed by atoms with Gasteiger partial charge in [-0.2, -0.15) is 5.10 Å². The second kappa shape index (κ2) is 10.2. The highest BCUT2D eigenvalue weighted by molar-refractivity contribution is 7.99. The number of amides is 1. The highest BCUT2D eigenvalue weighted by atomic mass is 32.2.